The molecule has 0 radical (unpaired) electrons. The largest absolute Gasteiger partial charge is 0.496 e. The summed E-state index contributed by atoms with van der Waals surface area (Å²) < 4.78 is 7.67. The highest BCUT2D eigenvalue weighted by Gasteiger charge is 2.09. The summed E-state index contributed by atoms with van der Waals surface area (Å²) in [5.74, 6) is 0.786. The van der Waals surface area contributed by atoms with Crippen LogP contribution in [0.15, 0.2) is 40.8 Å². The van der Waals surface area contributed by atoms with E-state index in [-0.39, 0.29) is 5.56 Å². The van der Waals surface area contributed by atoms with Gasteiger partial charge in [0.05, 0.1) is 25.5 Å². The molecule has 5 heteroatoms. The summed E-state index contributed by atoms with van der Waals surface area (Å²) in [6.07, 6.45) is 1.60. The maximum absolute atomic E-state index is 12.4. The van der Waals surface area contributed by atoms with E-state index in [4.69, 9.17) is 4.74 Å². The molecule has 1 aromatic carbocycles. The van der Waals surface area contributed by atoms with Crippen LogP contribution >= 0.6 is 11.3 Å². The standard InChI is InChI=1S/C15H14N2O2S/c1-10-3-4-13(19-2)11(7-10)8-17-9-16-12-5-6-20-14(12)15(17)18/h3-7,9H,8H2,1-2H3. The van der Waals surface area contributed by atoms with Crippen molar-refractivity contribution in [2.24, 2.45) is 0 Å². The van der Waals surface area contributed by atoms with Crippen LogP contribution in [0.25, 0.3) is 10.2 Å². The van der Waals surface area contributed by atoms with Gasteiger partial charge in [-0.2, -0.15) is 0 Å². The highest BCUT2D eigenvalue weighted by atomic mass is 32.1. The first kappa shape index (κ1) is 12.9. The Morgan fingerprint density at radius 2 is 2.20 bits per heavy atom. The lowest BCUT2D eigenvalue weighted by molar-refractivity contribution is 0.408. The zero-order valence-electron chi connectivity index (χ0n) is 11.3. The third-order valence-electron chi connectivity index (χ3n) is 3.21. The molecule has 0 spiro atoms. The number of nitrogens with zero attached hydrogens (tertiary/aromatic N) is 2. The molecule has 0 saturated carbocycles. The molecule has 2 aromatic heterocycles. The van der Waals surface area contributed by atoms with Crippen molar-refractivity contribution in [1.29, 1.82) is 0 Å². The van der Waals surface area contributed by atoms with Gasteiger partial charge in [-0.15, -0.1) is 11.3 Å². The zero-order chi connectivity index (χ0) is 14.1. The van der Waals surface area contributed by atoms with E-state index in [1.54, 1.807) is 18.0 Å². The van der Waals surface area contributed by atoms with Gasteiger partial charge in [-0.3, -0.25) is 9.36 Å². The molecule has 0 aliphatic rings. The van der Waals surface area contributed by atoms with Gasteiger partial charge in [0.2, 0.25) is 0 Å². The monoisotopic (exact) mass is 286 g/mol. The summed E-state index contributed by atoms with van der Waals surface area (Å²) in [5.41, 5.74) is 2.87. The van der Waals surface area contributed by atoms with Crippen LogP contribution in [0.4, 0.5) is 0 Å². The number of methoxy groups -OCH3 is 1. The van der Waals surface area contributed by atoms with Gasteiger partial charge in [0, 0.05) is 5.56 Å². The lowest BCUT2D eigenvalue weighted by Gasteiger charge is -2.11. The summed E-state index contributed by atoms with van der Waals surface area (Å²) in [7, 11) is 1.64. The van der Waals surface area contributed by atoms with Crippen LogP contribution in [0, 0.1) is 6.92 Å². The minimum Gasteiger partial charge on any atom is -0.496 e. The SMILES string of the molecule is COc1ccc(C)cc1Cn1cnc2ccsc2c1=O. The van der Waals surface area contributed by atoms with Crippen LogP contribution in [0.3, 0.4) is 0 Å². The van der Waals surface area contributed by atoms with Crippen molar-refractivity contribution in [3.05, 3.63) is 57.5 Å². The first-order chi connectivity index (χ1) is 9.69. The number of aryl methyl sites for hydroxylation is 1. The molecular weight excluding hydrogens is 272 g/mol. The maximum atomic E-state index is 12.4. The third-order valence-corrected chi connectivity index (χ3v) is 4.10. The fourth-order valence-electron chi connectivity index (χ4n) is 2.21. The summed E-state index contributed by atoms with van der Waals surface area (Å²) in [5, 5.41) is 1.89. The molecule has 0 fully saturated rings. The average molecular weight is 286 g/mol. The molecule has 102 valence electrons. The fourth-order valence-corrected chi connectivity index (χ4v) is 3.00. The van der Waals surface area contributed by atoms with Crippen molar-refractivity contribution in [1.82, 2.24) is 9.55 Å². The lowest BCUT2D eigenvalue weighted by Crippen LogP contribution is -2.20. The Kier molecular flexibility index (Phi) is 3.28. The van der Waals surface area contributed by atoms with Crippen LogP contribution in [0.1, 0.15) is 11.1 Å². The van der Waals surface area contributed by atoms with Crippen LogP contribution in [0.5, 0.6) is 5.75 Å². The summed E-state index contributed by atoms with van der Waals surface area (Å²) in [6.45, 7) is 2.48. The predicted molar refractivity (Wildman–Crippen MR) is 80.7 cm³/mol. The van der Waals surface area contributed by atoms with E-state index in [0.717, 1.165) is 22.4 Å². The molecule has 0 aliphatic heterocycles. The molecule has 0 bridgehead atoms. The molecule has 0 aliphatic carbocycles. The van der Waals surface area contributed by atoms with Gasteiger partial charge in [-0.1, -0.05) is 17.7 Å². The number of aromatic nitrogens is 2. The molecule has 0 saturated heterocycles. The van der Waals surface area contributed by atoms with Crippen molar-refractivity contribution in [2.45, 2.75) is 13.5 Å². The molecule has 0 N–H and O–H groups in total. The minimum absolute atomic E-state index is 0.00596. The van der Waals surface area contributed by atoms with Gasteiger partial charge in [0.15, 0.2) is 0 Å². The molecule has 20 heavy (non-hydrogen) atoms. The summed E-state index contributed by atoms with van der Waals surface area (Å²) >= 11 is 1.42. The van der Waals surface area contributed by atoms with Crippen molar-refractivity contribution in [3.8, 4) is 5.75 Å². The Balaban J connectivity index is 2.07. The van der Waals surface area contributed by atoms with Gasteiger partial charge in [0.25, 0.3) is 5.56 Å². The van der Waals surface area contributed by atoms with Gasteiger partial charge < -0.3 is 4.74 Å². The van der Waals surface area contributed by atoms with E-state index in [9.17, 15) is 4.79 Å². The molecule has 2 heterocycles. The fraction of sp³-hybridized carbons (Fsp3) is 0.200. The van der Waals surface area contributed by atoms with Gasteiger partial charge in [0.1, 0.15) is 10.4 Å². The number of ether oxygens (including phenoxy) is 1. The van der Waals surface area contributed by atoms with Crippen LogP contribution in [0.2, 0.25) is 0 Å². The normalized spacial score (nSPS) is 10.9. The number of benzene rings is 1. The van der Waals surface area contributed by atoms with Crippen molar-refractivity contribution in [3.63, 3.8) is 0 Å². The summed E-state index contributed by atoms with van der Waals surface area (Å²) in [4.78, 5) is 16.7. The van der Waals surface area contributed by atoms with E-state index < -0.39 is 0 Å². The van der Waals surface area contributed by atoms with E-state index in [0.29, 0.717) is 11.2 Å². The molecular formula is C15H14N2O2S. The third kappa shape index (κ3) is 2.20. The van der Waals surface area contributed by atoms with Crippen molar-refractivity contribution >= 4 is 21.6 Å². The Morgan fingerprint density at radius 1 is 1.35 bits per heavy atom. The van der Waals surface area contributed by atoms with E-state index in [1.807, 2.05) is 36.6 Å². The van der Waals surface area contributed by atoms with Crippen LogP contribution < -0.4 is 10.3 Å². The Bertz CT molecular complexity index is 820. The predicted octanol–water partition coefficient (Wildman–Crippen LogP) is 2.82. The summed E-state index contributed by atoms with van der Waals surface area (Å²) in [6, 6.07) is 7.81. The number of hydrogen-bond acceptors (Lipinski definition) is 4. The van der Waals surface area contributed by atoms with Crippen molar-refractivity contribution < 1.29 is 4.74 Å². The highest BCUT2D eigenvalue weighted by Crippen LogP contribution is 2.21. The maximum Gasteiger partial charge on any atom is 0.271 e. The van der Waals surface area contributed by atoms with E-state index in [2.05, 4.69) is 4.98 Å². The first-order valence-electron chi connectivity index (χ1n) is 6.25. The lowest BCUT2D eigenvalue weighted by atomic mass is 10.1. The number of rotatable bonds is 3. The first-order valence-corrected chi connectivity index (χ1v) is 7.13. The highest BCUT2D eigenvalue weighted by molar-refractivity contribution is 7.17. The molecule has 0 amide bonds. The molecule has 3 aromatic rings. The van der Waals surface area contributed by atoms with Gasteiger partial charge >= 0.3 is 0 Å². The Hall–Kier alpha value is -2.14. The smallest absolute Gasteiger partial charge is 0.271 e. The second kappa shape index (κ2) is 5.09. The Morgan fingerprint density at radius 3 is 3.00 bits per heavy atom. The second-order valence-electron chi connectivity index (χ2n) is 4.63. The topological polar surface area (TPSA) is 44.1 Å². The minimum atomic E-state index is -0.00596. The second-order valence-corrected chi connectivity index (χ2v) is 5.54. The quantitative estimate of drug-likeness (QED) is 0.743. The molecule has 0 atom stereocenters. The number of fused-ring (bicyclic) bond motifs is 1. The number of hydrogen-bond donors (Lipinski definition) is 0. The zero-order valence-corrected chi connectivity index (χ0v) is 12.1. The van der Waals surface area contributed by atoms with Crippen molar-refractivity contribution in [2.75, 3.05) is 7.11 Å². The van der Waals surface area contributed by atoms with Gasteiger partial charge in [-0.05, 0) is 24.4 Å². The number of thiophene rings is 1. The molecule has 0 unspecified atom stereocenters. The van der Waals surface area contributed by atoms with E-state index in [1.165, 1.54) is 11.3 Å². The Labute approximate surface area is 120 Å². The van der Waals surface area contributed by atoms with Crippen LogP contribution in [-0.4, -0.2) is 16.7 Å². The average Bonchev–Trinajstić information content (AvgIpc) is 2.91. The van der Waals surface area contributed by atoms with Crippen LogP contribution in [-0.2, 0) is 6.54 Å². The molecule has 4 nitrogen and oxygen atoms in total. The molecule has 3 rings (SSSR count). The van der Waals surface area contributed by atoms with E-state index >= 15 is 0 Å². The van der Waals surface area contributed by atoms with Gasteiger partial charge in [-0.25, -0.2) is 4.98 Å².